The Morgan fingerprint density at radius 1 is 0.323 bits per heavy atom. The molecule has 0 rings (SSSR count). The van der Waals surface area contributed by atoms with Crippen LogP contribution < -0.4 is 5.11 Å². The van der Waals surface area contributed by atoms with Gasteiger partial charge in [0.15, 0.2) is 12.4 Å². The van der Waals surface area contributed by atoms with E-state index in [9.17, 15) is 19.5 Å². The van der Waals surface area contributed by atoms with Gasteiger partial charge in [-0.15, -0.1) is 0 Å². The van der Waals surface area contributed by atoms with Crippen LogP contribution in [-0.2, 0) is 33.3 Å². The first-order valence-electron chi connectivity index (χ1n) is 37.3. The van der Waals surface area contributed by atoms with Crippen molar-refractivity contribution in [2.45, 2.75) is 296 Å². The molecule has 2 unspecified atom stereocenters. The average molecular weight is 1290 g/mol. The Morgan fingerprint density at radius 3 is 0.860 bits per heavy atom. The quantitative estimate of drug-likeness (QED) is 0.0195. The molecular formula is C84H137NO8. The van der Waals surface area contributed by atoms with Crippen LogP contribution in [0.1, 0.15) is 284 Å². The summed E-state index contributed by atoms with van der Waals surface area (Å²) in [6, 6.07) is 0. The maximum absolute atomic E-state index is 13.0. The summed E-state index contributed by atoms with van der Waals surface area (Å²) in [5, 5.41) is 11.8. The normalized spacial score (nSPS) is 13.7. The fourth-order valence-corrected chi connectivity index (χ4v) is 9.85. The molecule has 9 heteroatoms. The van der Waals surface area contributed by atoms with Crippen LogP contribution in [0.15, 0.2) is 170 Å². The lowest BCUT2D eigenvalue weighted by Crippen LogP contribution is -2.44. The lowest BCUT2D eigenvalue weighted by molar-refractivity contribution is -0.870. The van der Waals surface area contributed by atoms with Gasteiger partial charge in [0.1, 0.15) is 13.2 Å². The first kappa shape index (κ1) is 87.7. The lowest BCUT2D eigenvalue weighted by atomic mass is 10.0. The van der Waals surface area contributed by atoms with Gasteiger partial charge < -0.3 is 33.3 Å². The maximum atomic E-state index is 13.0. The number of quaternary nitrogens is 1. The molecule has 0 amide bonds. The van der Waals surface area contributed by atoms with Crippen molar-refractivity contribution in [3.63, 3.8) is 0 Å². The van der Waals surface area contributed by atoms with Gasteiger partial charge in [-0.1, -0.05) is 312 Å². The molecule has 0 spiro atoms. The Labute approximate surface area is 571 Å². The summed E-state index contributed by atoms with van der Waals surface area (Å²) in [5.74, 6) is -2.30. The van der Waals surface area contributed by atoms with Crippen molar-refractivity contribution < 1.29 is 42.9 Å². The monoisotopic (exact) mass is 1290 g/mol. The molecule has 0 aliphatic heterocycles. The van der Waals surface area contributed by atoms with Crippen LogP contribution in [0.4, 0.5) is 0 Å². The van der Waals surface area contributed by atoms with E-state index in [0.717, 1.165) is 135 Å². The summed E-state index contributed by atoms with van der Waals surface area (Å²) in [7, 11) is 5.93. The minimum Gasteiger partial charge on any atom is -0.545 e. The molecule has 0 saturated heterocycles. The zero-order chi connectivity index (χ0) is 67.5. The standard InChI is InChI=1S/C84H137NO8/c1-6-8-10-12-14-16-18-20-22-24-26-28-30-32-34-36-38-39-40-41-42-43-45-47-49-51-53-55-57-59-61-63-65-67-69-71-73-75-82(87)93-80(79-92-84(83(88)89)90-77-76-85(3,4)5)78-91-81(86)74-72-70-68-66-64-62-60-58-56-54-52-50-48-46-44-37-35-33-31-29-27-25-23-21-19-17-15-13-11-9-7-2/h8-11,14-17,20-23,26-29,32-35,38-39,41-42,44-47,80,84H,6-7,12-13,18-19,24-25,30-31,36-37,40,43,48-79H2,1-5H3/b10-8-,11-9-,16-14-,17-15-,22-20-,23-21-,28-26-,29-27-,34-32-,35-33-,39-38-,42-41-,46-44-,47-45-. The van der Waals surface area contributed by atoms with Crippen molar-refractivity contribution in [3.05, 3.63) is 170 Å². The highest BCUT2D eigenvalue weighted by molar-refractivity contribution is 5.70. The Bertz CT molecular complexity index is 2140. The molecule has 0 aromatic carbocycles. The zero-order valence-corrected chi connectivity index (χ0v) is 60.1. The number of nitrogens with zero attached hydrogens (tertiary/aromatic N) is 1. The fraction of sp³-hybridized carbons (Fsp3) is 0.631. The van der Waals surface area contributed by atoms with Crippen LogP contribution in [0.25, 0.3) is 0 Å². The van der Waals surface area contributed by atoms with E-state index in [1.165, 1.54) is 116 Å². The molecule has 0 bridgehead atoms. The van der Waals surface area contributed by atoms with Crippen LogP contribution in [-0.4, -0.2) is 82.3 Å². The van der Waals surface area contributed by atoms with Gasteiger partial charge in [0.25, 0.3) is 0 Å². The average Bonchev–Trinajstić information content (AvgIpc) is 3.73. The van der Waals surface area contributed by atoms with Crippen molar-refractivity contribution in [1.29, 1.82) is 0 Å². The number of unbranched alkanes of at least 4 members (excludes halogenated alkanes) is 24. The Kier molecular flexibility index (Phi) is 68.3. The second-order valence-corrected chi connectivity index (χ2v) is 25.5. The molecule has 0 aliphatic carbocycles. The van der Waals surface area contributed by atoms with E-state index < -0.39 is 24.3 Å². The molecule has 0 radical (unpaired) electrons. The van der Waals surface area contributed by atoms with Gasteiger partial charge in [-0.2, -0.15) is 0 Å². The van der Waals surface area contributed by atoms with E-state index in [-0.39, 0.29) is 38.6 Å². The van der Waals surface area contributed by atoms with Crippen LogP contribution in [0.5, 0.6) is 0 Å². The zero-order valence-electron chi connectivity index (χ0n) is 60.1. The van der Waals surface area contributed by atoms with Crippen molar-refractivity contribution in [2.75, 3.05) is 47.5 Å². The van der Waals surface area contributed by atoms with Crippen molar-refractivity contribution >= 4 is 17.9 Å². The molecule has 0 aromatic heterocycles. The molecule has 2 atom stereocenters. The highest BCUT2D eigenvalue weighted by atomic mass is 16.7. The molecule has 0 N–H and O–H groups in total. The number of esters is 2. The molecule has 0 aliphatic rings. The predicted molar refractivity (Wildman–Crippen MR) is 398 cm³/mol. The first-order valence-corrected chi connectivity index (χ1v) is 37.3. The van der Waals surface area contributed by atoms with Gasteiger partial charge in [-0.25, -0.2) is 0 Å². The minimum atomic E-state index is -1.63. The van der Waals surface area contributed by atoms with Gasteiger partial charge in [0.2, 0.25) is 0 Å². The molecular weight excluding hydrogens is 1150 g/mol. The van der Waals surface area contributed by atoms with E-state index in [1.807, 2.05) is 21.1 Å². The summed E-state index contributed by atoms with van der Waals surface area (Å²) in [6.45, 7) is 4.52. The maximum Gasteiger partial charge on any atom is 0.306 e. The van der Waals surface area contributed by atoms with Crippen LogP contribution in [0, 0.1) is 0 Å². The Hall–Kier alpha value is -5.35. The van der Waals surface area contributed by atoms with Crippen LogP contribution in [0.3, 0.4) is 0 Å². The summed E-state index contributed by atoms with van der Waals surface area (Å²) >= 11 is 0. The third kappa shape index (κ3) is 73.9. The second-order valence-electron chi connectivity index (χ2n) is 25.5. The van der Waals surface area contributed by atoms with E-state index in [1.54, 1.807) is 0 Å². The van der Waals surface area contributed by atoms with Crippen molar-refractivity contribution in [2.24, 2.45) is 0 Å². The van der Waals surface area contributed by atoms with Gasteiger partial charge in [-0.05, 0) is 128 Å². The van der Waals surface area contributed by atoms with E-state index in [2.05, 4.69) is 184 Å². The van der Waals surface area contributed by atoms with Gasteiger partial charge >= 0.3 is 11.9 Å². The molecule has 0 heterocycles. The van der Waals surface area contributed by atoms with Crippen LogP contribution in [0.2, 0.25) is 0 Å². The van der Waals surface area contributed by atoms with E-state index in [0.29, 0.717) is 17.4 Å². The molecule has 0 aromatic rings. The summed E-state index contributed by atoms with van der Waals surface area (Å²) in [4.78, 5) is 37.6. The second kappa shape index (κ2) is 72.5. The molecule has 9 nitrogen and oxygen atoms in total. The number of ether oxygens (including phenoxy) is 4. The number of carboxylic acids is 1. The number of aliphatic carboxylic acids is 1. The summed E-state index contributed by atoms with van der Waals surface area (Å²) < 4.78 is 22.8. The minimum absolute atomic E-state index is 0.140. The number of carbonyl (C=O) groups excluding carboxylic acids is 3. The fourth-order valence-electron chi connectivity index (χ4n) is 9.85. The highest BCUT2D eigenvalue weighted by Crippen LogP contribution is 2.17. The highest BCUT2D eigenvalue weighted by Gasteiger charge is 2.22. The topological polar surface area (TPSA) is 111 Å². The Morgan fingerprint density at radius 2 is 0.581 bits per heavy atom. The number of rotatable bonds is 67. The number of likely N-dealkylation sites (N-methyl/N-ethyl adjacent to an activating group) is 1. The van der Waals surface area contributed by atoms with E-state index >= 15 is 0 Å². The molecule has 526 valence electrons. The Balaban J connectivity index is 4.14. The number of allylic oxidation sites excluding steroid dienone is 28. The molecule has 0 fully saturated rings. The largest absolute Gasteiger partial charge is 0.545 e. The van der Waals surface area contributed by atoms with Crippen LogP contribution >= 0.6 is 0 Å². The van der Waals surface area contributed by atoms with E-state index in [4.69, 9.17) is 18.9 Å². The SMILES string of the molecule is CC/C=C\C/C=C\C/C=C\C/C=C\C/C=C\C/C=C\C/C=C\C/C=C\CCCCCCCCCCCCCCC(=O)OC(COC(=O)CCCCCCCCCCCCCC/C=C\C/C=C\C/C=C\C/C=C\C/C=C\C/C=C\CC)COC(OCC[N+](C)(C)C)C(=O)[O-]. The number of carbonyl (C=O) groups is 3. The smallest absolute Gasteiger partial charge is 0.306 e. The number of hydrogen-bond donors (Lipinski definition) is 0. The molecule has 0 saturated carbocycles. The summed E-state index contributed by atoms with van der Waals surface area (Å²) in [6.07, 6.45) is 106. The summed E-state index contributed by atoms with van der Waals surface area (Å²) in [5.41, 5.74) is 0. The first-order chi connectivity index (χ1) is 45.6. The third-order valence-corrected chi connectivity index (χ3v) is 15.5. The lowest BCUT2D eigenvalue weighted by Gasteiger charge is -2.26. The predicted octanol–water partition coefficient (Wildman–Crippen LogP) is 22.5. The number of hydrogen-bond acceptors (Lipinski definition) is 8. The van der Waals surface area contributed by atoms with Crippen molar-refractivity contribution in [3.8, 4) is 0 Å². The number of carboxylic acid groups (broad SMARTS) is 1. The van der Waals surface area contributed by atoms with Gasteiger partial charge in [-0.3, -0.25) is 9.59 Å². The molecule has 93 heavy (non-hydrogen) atoms. The van der Waals surface area contributed by atoms with Crippen molar-refractivity contribution in [1.82, 2.24) is 0 Å². The van der Waals surface area contributed by atoms with Gasteiger partial charge in [0, 0.05) is 12.8 Å². The van der Waals surface area contributed by atoms with Gasteiger partial charge in [0.05, 0.1) is 40.3 Å². The third-order valence-electron chi connectivity index (χ3n) is 15.5.